The van der Waals surface area contributed by atoms with Gasteiger partial charge in [-0.1, -0.05) is 13.8 Å². The van der Waals surface area contributed by atoms with E-state index in [1.54, 1.807) is 0 Å². The van der Waals surface area contributed by atoms with Crippen LogP contribution in [0.5, 0.6) is 0 Å². The van der Waals surface area contributed by atoms with Crippen LogP contribution in [0.25, 0.3) is 10.9 Å². The van der Waals surface area contributed by atoms with Crippen LogP contribution in [0.4, 0.5) is 4.39 Å². The van der Waals surface area contributed by atoms with E-state index >= 15 is 0 Å². The number of carboxylic acid groups (broad SMARTS) is 1. The van der Waals surface area contributed by atoms with Crippen molar-refractivity contribution < 1.29 is 19.1 Å². The van der Waals surface area contributed by atoms with E-state index in [0.29, 0.717) is 5.52 Å². The molecule has 0 spiro atoms. The maximum absolute atomic E-state index is 13.4. The summed E-state index contributed by atoms with van der Waals surface area (Å²) in [6.07, 6.45) is 0.247. The third-order valence-corrected chi connectivity index (χ3v) is 3.36. The Morgan fingerprint density at radius 2 is 2.00 bits per heavy atom. The molecule has 0 aliphatic carbocycles. The molecular weight excluding hydrogens is 303 g/mol. The summed E-state index contributed by atoms with van der Waals surface area (Å²) in [5.74, 6) is -2.38. The normalized spacial score (nSPS) is 12.3. The SMILES string of the molecule is CC(C)CC(NC(=O)c1cc(=O)[nH]c2ccc(F)cc12)C(=O)O. The van der Waals surface area contributed by atoms with Crippen LogP contribution >= 0.6 is 0 Å². The number of benzene rings is 1. The fourth-order valence-corrected chi connectivity index (χ4v) is 2.34. The van der Waals surface area contributed by atoms with Gasteiger partial charge in [-0.2, -0.15) is 0 Å². The molecule has 1 unspecified atom stereocenters. The van der Waals surface area contributed by atoms with Gasteiger partial charge in [0.2, 0.25) is 5.56 Å². The van der Waals surface area contributed by atoms with Gasteiger partial charge in [-0.15, -0.1) is 0 Å². The number of H-pyrrole nitrogens is 1. The number of aromatic amines is 1. The first-order valence-corrected chi connectivity index (χ1v) is 7.14. The van der Waals surface area contributed by atoms with Crippen LogP contribution in [-0.4, -0.2) is 28.0 Å². The first-order chi connectivity index (χ1) is 10.8. The molecular formula is C16H17FN2O4. The van der Waals surface area contributed by atoms with Crippen molar-refractivity contribution in [2.24, 2.45) is 5.92 Å². The van der Waals surface area contributed by atoms with Crippen molar-refractivity contribution in [3.63, 3.8) is 0 Å². The summed E-state index contributed by atoms with van der Waals surface area (Å²) in [7, 11) is 0. The van der Waals surface area contributed by atoms with Gasteiger partial charge in [-0.25, -0.2) is 9.18 Å². The predicted octanol–water partition coefficient (Wildman–Crippen LogP) is 1.90. The standard InChI is InChI=1S/C16H17FN2O4/c1-8(2)5-13(16(22)23)19-15(21)11-7-14(20)18-12-4-3-9(17)6-10(11)12/h3-4,6-8,13H,5H2,1-2H3,(H,18,20)(H,19,21)(H,22,23). The van der Waals surface area contributed by atoms with Crippen molar-refractivity contribution in [1.29, 1.82) is 0 Å². The predicted molar refractivity (Wildman–Crippen MR) is 82.9 cm³/mol. The summed E-state index contributed by atoms with van der Waals surface area (Å²) in [4.78, 5) is 37.8. The molecule has 2 aromatic rings. The summed E-state index contributed by atoms with van der Waals surface area (Å²) in [5, 5.41) is 11.8. The van der Waals surface area contributed by atoms with Crippen LogP contribution in [0.2, 0.25) is 0 Å². The molecule has 1 atom stereocenters. The van der Waals surface area contributed by atoms with Gasteiger partial charge in [-0.3, -0.25) is 9.59 Å². The maximum atomic E-state index is 13.4. The van der Waals surface area contributed by atoms with Crippen molar-refractivity contribution in [3.05, 3.63) is 46.0 Å². The summed E-state index contributed by atoms with van der Waals surface area (Å²) in [6.45, 7) is 3.67. The second-order valence-electron chi connectivity index (χ2n) is 5.73. The lowest BCUT2D eigenvalue weighted by Gasteiger charge is -2.17. The smallest absolute Gasteiger partial charge is 0.326 e. The van der Waals surface area contributed by atoms with Gasteiger partial charge >= 0.3 is 5.97 Å². The molecule has 122 valence electrons. The number of aromatic nitrogens is 1. The highest BCUT2D eigenvalue weighted by atomic mass is 19.1. The topological polar surface area (TPSA) is 99.3 Å². The minimum atomic E-state index is -1.16. The highest BCUT2D eigenvalue weighted by Gasteiger charge is 2.23. The van der Waals surface area contributed by atoms with E-state index in [1.165, 1.54) is 12.1 Å². The Balaban J connectivity index is 2.42. The molecule has 7 heteroatoms. The van der Waals surface area contributed by atoms with E-state index in [9.17, 15) is 23.9 Å². The Morgan fingerprint density at radius 3 is 2.61 bits per heavy atom. The Kier molecular flexibility index (Phi) is 4.78. The molecule has 6 nitrogen and oxygen atoms in total. The van der Waals surface area contributed by atoms with Crippen LogP contribution in [0.3, 0.4) is 0 Å². The van der Waals surface area contributed by atoms with E-state index < -0.39 is 29.3 Å². The number of hydrogen-bond acceptors (Lipinski definition) is 3. The molecule has 0 radical (unpaired) electrons. The second-order valence-corrected chi connectivity index (χ2v) is 5.73. The van der Waals surface area contributed by atoms with Gasteiger partial charge in [0, 0.05) is 17.0 Å². The number of halogens is 1. The summed E-state index contributed by atoms with van der Waals surface area (Å²) in [5.41, 5.74) is -0.275. The molecule has 1 aromatic heterocycles. The van der Waals surface area contributed by atoms with Crippen LogP contribution < -0.4 is 10.9 Å². The van der Waals surface area contributed by atoms with Crippen molar-refractivity contribution in [3.8, 4) is 0 Å². The number of pyridine rings is 1. The molecule has 0 saturated carbocycles. The molecule has 2 rings (SSSR count). The monoisotopic (exact) mass is 320 g/mol. The highest BCUT2D eigenvalue weighted by Crippen LogP contribution is 2.17. The molecule has 0 fully saturated rings. The fraction of sp³-hybridized carbons (Fsp3) is 0.312. The van der Waals surface area contributed by atoms with Gasteiger partial charge < -0.3 is 15.4 Å². The van der Waals surface area contributed by atoms with Crippen LogP contribution in [0, 0.1) is 11.7 Å². The number of carboxylic acids is 1. The molecule has 0 saturated heterocycles. The van der Waals surface area contributed by atoms with Gasteiger partial charge in [0.1, 0.15) is 11.9 Å². The van der Waals surface area contributed by atoms with Crippen LogP contribution in [-0.2, 0) is 4.79 Å². The number of rotatable bonds is 5. The Morgan fingerprint density at radius 1 is 1.30 bits per heavy atom. The Hall–Kier alpha value is -2.70. The van der Waals surface area contributed by atoms with Crippen molar-refractivity contribution in [1.82, 2.24) is 10.3 Å². The number of aliphatic carboxylic acids is 1. The van der Waals surface area contributed by atoms with Crippen molar-refractivity contribution >= 4 is 22.8 Å². The number of nitrogens with one attached hydrogen (secondary N) is 2. The zero-order chi connectivity index (χ0) is 17.1. The fourth-order valence-electron chi connectivity index (χ4n) is 2.34. The number of fused-ring (bicyclic) bond motifs is 1. The quantitative estimate of drug-likeness (QED) is 0.783. The van der Waals surface area contributed by atoms with Gasteiger partial charge in [0.25, 0.3) is 5.91 Å². The third-order valence-electron chi connectivity index (χ3n) is 3.36. The Labute approximate surface area is 131 Å². The van der Waals surface area contributed by atoms with E-state index in [1.807, 2.05) is 13.8 Å². The van der Waals surface area contributed by atoms with Gasteiger partial charge in [0.15, 0.2) is 0 Å². The third kappa shape index (κ3) is 3.94. The summed E-state index contributed by atoms with van der Waals surface area (Å²) >= 11 is 0. The highest BCUT2D eigenvalue weighted by molar-refractivity contribution is 6.06. The number of hydrogen-bond donors (Lipinski definition) is 3. The zero-order valence-electron chi connectivity index (χ0n) is 12.7. The minimum absolute atomic E-state index is 0.0572. The number of carbonyl (C=O) groups is 2. The molecule has 3 N–H and O–H groups in total. The van der Waals surface area contributed by atoms with E-state index in [2.05, 4.69) is 10.3 Å². The van der Waals surface area contributed by atoms with Gasteiger partial charge in [0.05, 0.1) is 5.56 Å². The average Bonchev–Trinajstić information content (AvgIpc) is 2.45. The van der Waals surface area contributed by atoms with Crippen molar-refractivity contribution in [2.45, 2.75) is 26.3 Å². The lowest BCUT2D eigenvalue weighted by molar-refractivity contribution is -0.139. The van der Waals surface area contributed by atoms with E-state index in [0.717, 1.165) is 12.1 Å². The molecule has 1 aromatic carbocycles. The first-order valence-electron chi connectivity index (χ1n) is 7.14. The molecule has 0 aliphatic heterocycles. The largest absolute Gasteiger partial charge is 0.480 e. The Bertz CT molecular complexity index is 813. The van der Waals surface area contributed by atoms with E-state index in [-0.39, 0.29) is 23.3 Å². The zero-order valence-corrected chi connectivity index (χ0v) is 12.7. The molecule has 0 aliphatic rings. The average molecular weight is 320 g/mol. The van der Waals surface area contributed by atoms with E-state index in [4.69, 9.17) is 0 Å². The summed E-state index contributed by atoms with van der Waals surface area (Å²) in [6, 6.07) is 3.60. The molecule has 1 amide bonds. The second kappa shape index (κ2) is 6.60. The molecule has 1 heterocycles. The molecule has 23 heavy (non-hydrogen) atoms. The van der Waals surface area contributed by atoms with Crippen molar-refractivity contribution in [2.75, 3.05) is 0 Å². The van der Waals surface area contributed by atoms with Crippen LogP contribution in [0.15, 0.2) is 29.1 Å². The lowest BCUT2D eigenvalue weighted by Crippen LogP contribution is -2.42. The number of carbonyl (C=O) groups excluding carboxylic acids is 1. The first kappa shape index (κ1) is 16.7. The maximum Gasteiger partial charge on any atom is 0.326 e. The van der Waals surface area contributed by atoms with Crippen LogP contribution in [0.1, 0.15) is 30.6 Å². The summed E-state index contributed by atoms with van der Waals surface area (Å²) < 4.78 is 13.4. The van der Waals surface area contributed by atoms with Gasteiger partial charge in [-0.05, 0) is 30.5 Å². The number of amides is 1. The molecule has 0 bridgehead atoms. The lowest BCUT2D eigenvalue weighted by atomic mass is 10.0. The minimum Gasteiger partial charge on any atom is -0.480 e.